The molecular weight excluding hydrogens is 250 g/mol. The van der Waals surface area contributed by atoms with E-state index < -0.39 is 0 Å². The average Bonchev–Trinajstić information content (AvgIpc) is 2.37. The molecule has 0 unspecified atom stereocenters. The Bertz CT molecular complexity index is 394. The number of halogens is 1. The molecule has 4 heteroatoms. The summed E-state index contributed by atoms with van der Waals surface area (Å²) in [7, 11) is 1.62. The van der Waals surface area contributed by atoms with Crippen molar-refractivity contribution >= 4 is 11.6 Å². The van der Waals surface area contributed by atoms with Crippen LogP contribution >= 0.6 is 11.6 Å². The summed E-state index contributed by atoms with van der Waals surface area (Å²) in [6.45, 7) is 7.81. The summed E-state index contributed by atoms with van der Waals surface area (Å²) in [6, 6.07) is 3.83. The first kappa shape index (κ1) is 14.9. The largest absolute Gasteiger partial charge is 0.493 e. The van der Waals surface area contributed by atoms with Crippen LogP contribution in [-0.4, -0.2) is 20.3 Å². The predicted molar refractivity (Wildman–Crippen MR) is 75.7 cm³/mol. The van der Waals surface area contributed by atoms with Gasteiger partial charge in [-0.2, -0.15) is 0 Å². The molecule has 0 radical (unpaired) electrons. The molecule has 0 spiro atoms. The van der Waals surface area contributed by atoms with Gasteiger partial charge in [-0.1, -0.05) is 24.6 Å². The molecule has 0 aliphatic heterocycles. The van der Waals surface area contributed by atoms with Crippen LogP contribution in [0.4, 0.5) is 0 Å². The van der Waals surface area contributed by atoms with Crippen LogP contribution in [0.2, 0.25) is 5.02 Å². The molecule has 1 N–H and O–H groups in total. The van der Waals surface area contributed by atoms with E-state index in [2.05, 4.69) is 11.9 Å². The molecule has 0 aromatic heterocycles. The number of methoxy groups -OCH3 is 1. The van der Waals surface area contributed by atoms with E-state index in [9.17, 15) is 0 Å². The number of nitrogens with one attached hydrogen (secondary N) is 1. The highest BCUT2D eigenvalue weighted by molar-refractivity contribution is 6.32. The topological polar surface area (TPSA) is 30.5 Å². The third kappa shape index (κ3) is 4.24. The fraction of sp³-hybridized carbons (Fsp3) is 0.429. The minimum absolute atomic E-state index is 0.582. The number of benzene rings is 1. The highest BCUT2D eigenvalue weighted by Gasteiger charge is 2.11. The van der Waals surface area contributed by atoms with Gasteiger partial charge in [0.1, 0.15) is 0 Å². The van der Waals surface area contributed by atoms with Crippen LogP contribution < -0.4 is 14.8 Å². The lowest BCUT2D eigenvalue weighted by Gasteiger charge is -2.14. The predicted octanol–water partition coefficient (Wildman–Crippen LogP) is 3.41. The third-order valence-electron chi connectivity index (χ3n) is 2.36. The van der Waals surface area contributed by atoms with Gasteiger partial charge in [0.15, 0.2) is 11.5 Å². The van der Waals surface area contributed by atoms with E-state index in [1.807, 2.05) is 25.1 Å². The lowest BCUT2D eigenvalue weighted by atomic mass is 10.2. The Balaban J connectivity index is 2.84. The second-order valence-corrected chi connectivity index (χ2v) is 4.28. The van der Waals surface area contributed by atoms with Crippen molar-refractivity contribution in [3.05, 3.63) is 35.4 Å². The molecule has 18 heavy (non-hydrogen) atoms. The van der Waals surface area contributed by atoms with Crippen molar-refractivity contribution in [1.82, 2.24) is 5.32 Å². The highest BCUT2D eigenvalue weighted by atomic mass is 35.5. The SMILES string of the molecule is C=CCNCc1cc(Cl)c(OCCC)c(OC)c1. The highest BCUT2D eigenvalue weighted by Crippen LogP contribution is 2.36. The summed E-state index contributed by atoms with van der Waals surface area (Å²) in [5, 5.41) is 3.80. The standard InChI is InChI=1S/C14H20ClNO2/c1-4-6-16-10-11-8-12(15)14(18-7-5-2)13(9-11)17-3/h4,8-9,16H,1,5-7,10H2,2-3H3. The van der Waals surface area contributed by atoms with Crippen LogP contribution in [0.3, 0.4) is 0 Å². The van der Waals surface area contributed by atoms with Crippen LogP contribution in [-0.2, 0) is 6.54 Å². The maximum atomic E-state index is 6.21. The van der Waals surface area contributed by atoms with E-state index in [1.54, 1.807) is 7.11 Å². The van der Waals surface area contributed by atoms with Crippen molar-refractivity contribution in [2.45, 2.75) is 19.9 Å². The fourth-order valence-electron chi connectivity index (χ4n) is 1.54. The van der Waals surface area contributed by atoms with E-state index in [1.165, 1.54) is 0 Å². The van der Waals surface area contributed by atoms with Gasteiger partial charge in [0.25, 0.3) is 0 Å². The molecule has 0 bridgehead atoms. The van der Waals surface area contributed by atoms with Crippen LogP contribution in [0.1, 0.15) is 18.9 Å². The first-order valence-electron chi connectivity index (χ1n) is 6.03. The molecule has 0 aliphatic carbocycles. The molecule has 0 amide bonds. The lowest BCUT2D eigenvalue weighted by molar-refractivity contribution is 0.294. The molecule has 0 saturated carbocycles. The second-order valence-electron chi connectivity index (χ2n) is 3.88. The van der Waals surface area contributed by atoms with E-state index in [4.69, 9.17) is 21.1 Å². The summed E-state index contributed by atoms with van der Waals surface area (Å²) >= 11 is 6.21. The van der Waals surface area contributed by atoms with Crippen molar-refractivity contribution in [2.24, 2.45) is 0 Å². The molecule has 0 saturated heterocycles. The summed E-state index contributed by atoms with van der Waals surface area (Å²) in [6.07, 6.45) is 2.75. The molecule has 0 heterocycles. The summed E-state index contributed by atoms with van der Waals surface area (Å²) in [5.41, 5.74) is 1.06. The van der Waals surface area contributed by atoms with Gasteiger partial charge < -0.3 is 14.8 Å². The van der Waals surface area contributed by atoms with E-state index >= 15 is 0 Å². The fourth-order valence-corrected chi connectivity index (χ4v) is 1.83. The van der Waals surface area contributed by atoms with Crippen molar-refractivity contribution in [2.75, 3.05) is 20.3 Å². The Morgan fingerprint density at radius 3 is 2.83 bits per heavy atom. The first-order chi connectivity index (χ1) is 8.72. The number of hydrogen-bond acceptors (Lipinski definition) is 3. The van der Waals surface area contributed by atoms with Gasteiger partial charge in [-0.25, -0.2) is 0 Å². The van der Waals surface area contributed by atoms with Crippen LogP contribution in [0, 0.1) is 0 Å². The zero-order valence-corrected chi connectivity index (χ0v) is 11.7. The van der Waals surface area contributed by atoms with Crippen LogP contribution in [0.5, 0.6) is 11.5 Å². The minimum Gasteiger partial charge on any atom is -0.493 e. The summed E-state index contributed by atoms with van der Waals surface area (Å²) < 4.78 is 10.9. The number of ether oxygens (including phenoxy) is 2. The van der Waals surface area contributed by atoms with Crippen LogP contribution in [0.15, 0.2) is 24.8 Å². The summed E-state index contributed by atoms with van der Waals surface area (Å²) in [4.78, 5) is 0. The molecule has 1 aromatic rings. The average molecular weight is 270 g/mol. The van der Waals surface area contributed by atoms with E-state index in [-0.39, 0.29) is 0 Å². The zero-order valence-electron chi connectivity index (χ0n) is 11.0. The quantitative estimate of drug-likeness (QED) is 0.579. The smallest absolute Gasteiger partial charge is 0.179 e. The minimum atomic E-state index is 0.582. The maximum Gasteiger partial charge on any atom is 0.179 e. The van der Waals surface area contributed by atoms with Crippen molar-refractivity contribution in [3.63, 3.8) is 0 Å². The molecule has 1 aromatic carbocycles. The van der Waals surface area contributed by atoms with Gasteiger partial charge in [0, 0.05) is 13.1 Å². The van der Waals surface area contributed by atoms with E-state index in [0.717, 1.165) is 25.1 Å². The molecule has 0 fully saturated rings. The molecule has 0 atom stereocenters. The Hall–Kier alpha value is -1.19. The molecule has 0 aliphatic rings. The Morgan fingerprint density at radius 2 is 2.22 bits per heavy atom. The Morgan fingerprint density at radius 1 is 1.44 bits per heavy atom. The van der Waals surface area contributed by atoms with Gasteiger partial charge >= 0.3 is 0 Å². The van der Waals surface area contributed by atoms with Crippen molar-refractivity contribution in [3.8, 4) is 11.5 Å². The normalized spacial score (nSPS) is 10.2. The van der Waals surface area contributed by atoms with Gasteiger partial charge in [0.05, 0.1) is 18.7 Å². The van der Waals surface area contributed by atoms with Crippen molar-refractivity contribution in [1.29, 1.82) is 0 Å². The van der Waals surface area contributed by atoms with Gasteiger partial charge in [-0.15, -0.1) is 6.58 Å². The van der Waals surface area contributed by atoms with Gasteiger partial charge in [0.2, 0.25) is 0 Å². The molecule has 3 nitrogen and oxygen atoms in total. The monoisotopic (exact) mass is 269 g/mol. The van der Waals surface area contributed by atoms with Crippen LogP contribution in [0.25, 0.3) is 0 Å². The number of rotatable bonds is 8. The summed E-state index contributed by atoms with van der Waals surface area (Å²) in [5.74, 6) is 1.29. The second kappa shape index (κ2) is 8.01. The molecular formula is C14H20ClNO2. The van der Waals surface area contributed by atoms with Gasteiger partial charge in [-0.05, 0) is 24.1 Å². The van der Waals surface area contributed by atoms with Gasteiger partial charge in [-0.3, -0.25) is 0 Å². The maximum absolute atomic E-state index is 6.21. The van der Waals surface area contributed by atoms with Crippen molar-refractivity contribution < 1.29 is 9.47 Å². The van der Waals surface area contributed by atoms with E-state index in [0.29, 0.717) is 23.1 Å². The Labute approximate surface area is 114 Å². The zero-order chi connectivity index (χ0) is 13.4. The number of hydrogen-bond donors (Lipinski definition) is 1. The molecule has 100 valence electrons. The Kier molecular flexibility index (Phi) is 6.61. The third-order valence-corrected chi connectivity index (χ3v) is 2.64. The molecule has 1 rings (SSSR count). The first-order valence-corrected chi connectivity index (χ1v) is 6.41. The lowest BCUT2D eigenvalue weighted by Crippen LogP contribution is -2.12.